The Morgan fingerprint density at radius 3 is 1.10 bits per heavy atom. The van der Waals surface area contributed by atoms with Crippen molar-refractivity contribution in [3.05, 3.63) is 17.4 Å². The molecular weight excluding hydrogens is 506 g/mol. The van der Waals surface area contributed by atoms with Gasteiger partial charge in [0.1, 0.15) is 0 Å². The number of rotatable bonds is 10. The quantitative estimate of drug-likeness (QED) is 0.244. The zero-order valence-electron chi connectivity index (χ0n) is 18.5. The van der Waals surface area contributed by atoms with E-state index in [-0.39, 0.29) is 23.6 Å². The van der Waals surface area contributed by atoms with Crippen LogP contribution in [0, 0.1) is 0 Å². The van der Waals surface area contributed by atoms with Gasteiger partial charge in [-0.3, -0.25) is 0 Å². The summed E-state index contributed by atoms with van der Waals surface area (Å²) in [5.41, 5.74) is 3.91. The molecule has 0 bridgehead atoms. The molecule has 0 aromatic heterocycles. The van der Waals surface area contributed by atoms with Crippen LogP contribution in [0.4, 0.5) is 0 Å². The fourth-order valence-electron chi connectivity index (χ4n) is 4.33. The molecule has 6 nitrogen and oxygen atoms in total. The second-order valence-corrected chi connectivity index (χ2v) is 16.6. The number of hydrogen-bond donors (Lipinski definition) is 0. The summed E-state index contributed by atoms with van der Waals surface area (Å²) >= 11 is -4.46. The van der Waals surface area contributed by atoms with Crippen LogP contribution in [-0.2, 0) is 19.2 Å². The number of nitrogens with zero attached hydrogens (tertiary/aromatic N) is 2. The Hall–Kier alpha value is -1.12. The van der Waals surface area contributed by atoms with Gasteiger partial charge in [0.2, 0.25) is 0 Å². The predicted octanol–water partition coefficient (Wildman–Crippen LogP) is 2.90. The van der Waals surface area contributed by atoms with Crippen LogP contribution in [0.15, 0.2) is 17.4 Å². The Balaban J connectivity index is 1.79. The molecule has 164 valence electrons. The second-order valence-electron chi connectivity index (χ2n) is 8.16. The molecule has 3 aliphatic heterocycles. The van der Waals surface area contributed by atoms with Crippen LogP contribution in [0.1, 0.15) is 65.2 Å². The zero-order valence-corrected chi connectivity index (χ0v) is 22.2. The first-order chi connectivity index (χ1) is 14.4. The molecule has 0 aliphatic carbocycles. The molecule has 0 saturated heterocycles. The third-order valence-electron chi connectivity index (χ3n) is 6.05. The van der Waals surface area contributed by atoms with Crippen molar-refractivity contribution in [1.82, 2.24) is 9.80 Å². The third kappa shape index (κ3) is 4.02. The number of carbonyl (C=O) groups excluding carboxylic acids is 4. The second kappa shape index (κ2) is 10.00. The first-order valence-electron chi connectivity index (χ1n) is 11.0. The van der Waals surface area contributed by atoms with Crippen LogP contribution in [0.5, 0.6) is 0 Å². The Bertz CT molecular complexity index is 713. The van der Waals surface area contributed by atoms with Gasteiger partial charge >= 0.3 is 189 Å². The summed E-state index contributed by atoms with van der Waals surface area (Å²) in [6.07, 6.45) is 8.00. The third-order valence-corrected chi connectivity index (χ3v) is 16.8. The first-order valence-corrected chi connectivity index (χ1v) is 18.6. The van der Waals surface area contributed by atoms with E-state index in [1.54, 1.807) is 0 Å². The van der Waals surface area contributed by atoms with Crippen LogP contribution in [-0.4, -0.2) is 75.8 Å². The van der Waals surface area contributed by atoms with Gasteiger partial charge in [-0.15, -0.1) is 0 Å². The van der Waals surface area contributed by atoms with Gasteiger partial charge in [0, 0.05) is 0 Å². The van der Waals surface area contributed by atoms with E-state index >= 15 is 0 Å². The summed E-state index contributed by atoms with van der Waals surface area (Å²) in [7, 11) is 0. The van der Waals surface area contributed by atoms with Gasteiger partial charge in [-0.05, 0) is 0 Å². The summed E-state index contributed by atoms with van der Waals surface area (Å²) in [6, 6.07) is 0. The topological polar surface area (TPSA) is 74.8 Å². The van der Waals surface area contributed by atoms with Gasteiger partial charge < -0.3 is 0 Å². The molecule has 0 radical (unpaired) electrons. The molecule has 8 heteroatoms. The van der Waals surface area contributed by atoms with Gasteiger partial charge in [0.05, 0.1) is 0 Å². The van der Waals surface area contributed by atoms with E-state index < -0.39 is 29.3 Å². The van der Waals surface area contributed by atoms with Gasteiger partial charge in [-0.25, -0.2) is 0 Å². The van der Waals surface area contributed by atoms with Gasteiger partial charge in [-0.1, -0.05) is 0 Å². The molecule has 0 unspecified atom stereocenters. The molecule has 0 saturated carbocycles. The number of carbonyl (C=O) groups is 4. The van der Waals surface area contributed by atoms with Crippen LogP contribution in [0.2, 0.25) is 11.4 Å². The number of imide groups is 2. The van der Waals surface area contributed by atoms with Crippen molar-refractivity contribution in [3.63, 3.8) is 0 Å². The van der Waals surface area contributed by atoms with Crippen molar-refractivity contribution in [2.45, 2.75) is 76.6 Å². The van der Waals surface area contributed by atoms with Gasteiger partial charge in [0.15, 0.2) is 0 Å². The van der Waals surface area contributed by atoms with Crippen molar-refractivity contribution in [1.29, 1.82) is 0 Å². The molecule has 0 aromatic carbocycles. The summed E-state index contributed by atoms with van der Waals surface area (Å²) in [4.78, 5) is 55.4. The monoisotopic (exact) mass is 538 g/mol. The minimum absolute atomic E-state index is 0.177. The fraction of sp³-hybridized carbons (Fsp3) is 0.636. The summed E-state index contributed by atoms with van der Waals surface area (Å²) < 4.78 is 2.55. The molecule has 0 aromatic rings. The van der Waals surface area contributed by atoms with Gasteiger partial charge in [0.25, 0.3) is 0 Å². The van der Waals surface area contributed by atoms with E-state index in [2.05, 4.69) is 13.8 Å². The molecule has 3 rings (SSSR count). The van der Waals surface area contributed by atoms with Crippen LogP contribution < -0.4 is 0 Å². The fourth-order valence-corrected chi connectivity index (χ4v) is 18.7. The van der Waals surface area contributed by atoms with Crippen molar-refractivity contribution < 1.29 is 19.2 Å². The average Bonchev–Trinajstić information content (AvgIpc) is 3.12. The van der Waals surface area contributed by atoms with Crippen molar-refractivity contribution in [3.8, 4) is 0 Å². The first kappa shape index (κ1) is 23.5. The van der Waals surface area contributed by atoms with Crippen LogP contribution in [0.3, 0.4) is 0 Å². The minimum atomic E-state index is -2.23. The van der Waals surface area contributed by atoms with E-state index in [9.17, 15) is 19.2 Å². The zero-order chi connectivity index (χ0) is 22.0. The SMILES string of the molecule is CCCCCCN1C(=O)C2=C(C1=O)[As](C)C1=C(C(=O)N(CCCCCC)C1=O)[As]2C. The molecule has 0 N–H and O–H groups in total. The molecule has 3 aliphatic rings. The number of hydrogen-bond acceptors (Lipinski definition) is 4. The molecule has 0 atom stereocenters. The molecule has 0 spiro atoms. The van der Waals surface area contributed by atoms with E-state index in [0.717, 1.165) is 51.4 Å². The van der Waals surface area contributed by atoms with E-state index in [0.29, 0.717) is 30.5 Å². The summed E-state index contributed by atoms with van der Waals surface area (Å²) in [6.45, 7) is 5.15. The molecule has 3 heterocycles. The maximum atomic E-state index is 13.1. The molecule has 30 heavy (non-hydrogen) atoms. The predicted molar refractivity (Wildman–Crippen MR) is 119 cm³/mol. The van der Waals surface area contributed by atoms with Crippen molar-refractivity contribution in [2.24, 2.45) is 0 Å². The Morgan fingerprint density at radius 1 is 0.533 bits per heavy atom. The van der Waals surface area contributed by atoms with E-state index in [1.165, 1.54) is 9.80 Å². The van der Waals surface area contributed by atoms with Crippen LogP contribution in [0.25, 0.3) is 0 Å². The average molecular weight is 538 g/mol. The maximum absolute atomic E-state index is 13.1. The Morgan fingerprint density at radius 2 is 0.833 bits per heavy atom. The number of amides is 4. The molecule has 4 amide bonds. The van der Waals surface area contributed by atoms with Crippen molar-refractivity contribution in [2.75, 3.05) is 13.1 Å². The van der Waals surface area contributed by atoms with E-state index in [1.807, 2.05) is 11.4 Å². The molecule has 0 fully saturated rings. The van der Waals surface area contributed by atoms with Crippen LogP contribution >= 0.6 is 0 Å². The van der Waals surface area contributed by atoms with E-state index in [4.69, 9.17) is 0 Å². The van der Waals surface area contributed by atoms with Crippen molar-refractivity contribution >= 4 is 52.9 Å². The summed E-state index contributed by atoms with van der Waals surface area (Å²) in [5.74, 6) is -0.710. The van der Waals surface area contributed by atoms with Gasteiger partial charge in [-0.2, -0.15) is 0 Å². The molecular formula is C22H32As2N2O4. The Labute approximate surface area is 188 Å². The summed E-state index contributed by atoms with van der Waals surface area (Å²) in [5, 5.41) is 0. The standard InChI is InChI=1S/C22H32As2N2O4/c1-5-7-9-11-13-25-19(27)15-16(20(25)28)24(4)18-17(23(15)3)21(29)26(22(18)30)14-12-10-8-6-2/h5-14H2,1-4H3. The number of unbranched alkanes of at least 4 members (excludes halogenated alkanes) is 6. The normalized spacial score (nSPS) is 23.9. The Kier molecular flexibility index (Phi) is 7.85.